The van der Waals surface area contributed by atoms with Crippen molar-refractivity contribution in [1.82, 2.24) is 0 Å². The summed E-state index contributed by atoms with van der Waals surface area (Å²) in [5.74, 6) is 0. The lowest BCUT2D eigenvalue weighted by atomic mass is 9.63. The monoisotopic (exact) mass is 127 g/mol. The van der Waals surface area contributed by atoms with Crippen molar-refractivity contribution in [2.45, 2.75) is 33.4 Å². The van der Waals surface area contributed by atoms with Crippen LogP contribution in [0.4, 0.5) is 0 Å². The molecule has 9 heavy (non-hydrogen) atoms. The summed E-state index contributed by atoms with van der Waals surface area (Å²) in [5, 5.41) is 3.69. The molecule has 0 radical (unpaired) electrons. The topological polar surface area (TPSA) is 21.6 Å². The number of rotatable bonds is 4. The summed E-state index contributed by atoms with van der Waals surface area (Å²) in [7, 11) is 0. The Hall–Kier alpha value is -0.465. The first-order valence-electron chi connectivity index (χ1n) is 3.48. The zero-order valence-corrected chi connectivity index (χ0v) is 6.42. The molecule has 0 N–H and O–H groups in total. The van der Waals surface area contributed by atoms with E-state index in [2.05, 4.69) is 19.0 Å². The van der Waals surface area contributed by atoms with E-state index in [0.717, 1.165) is 12.6 Å². The molecular weight excluding hydrogens is 113 g/mol. The highest BCUT2D eigenvalue weighted by Crippen LogP contribution is 1.98. The smallest absolute Gasteiger partial charge is 0.393 e. The molecule has 0 heterocycles. The summed E-state index contributed by atoms with van der Waals surface area (Å²) in [5.41, 5.74) is 0. The van der Waals surface area contributed by atoms with Gasteiger partial charge in [0.05, 0.1) is 0 Å². The molecule has 0 saturated heterocycles. The summed E-state index contributed by atoms with van der Waals surface area (Å²) in [6.07, 6.45) is 3.74. The van der Waals surface area contributed by atoms with Crippen LogP contribution in [0.5, 0.6) is 0 Å². The Kier molecular flexibility index (Phi) is 5.37. The Bertz CT molecular complexity index is 81.1. The van der Waals surface area contributed by atoms with Gasteiger partial charge in [0.2, 0.25) is 0 Å². The average Bonchev–Trinajstić information content (AvgIpc) is 1.91. The minimum atomic E-state index is 0.307. The zero-order chi connectivity index (χ0) is 7.11. The van der Waals surface area contributed by atoms with Crippen LogP contribution in [0, 0.1) is 0 Å². The first kappa shape index (κ1) is 8.53. The van der Waals surface area contributed by atoms with Crippen LogP contribution in [0.15, 0.2) is 5.16 Å². The highest BCUT2D eigenvalue weighted by atomic mass is 16.6. The molecule has 0 saturated carbocycles. The van der Waals surface area contributed by atoms with Crippen LogP contribution in [0.3, 0.4) is 0 Å². The van der Waals surface area contributed by atoms with E-state index < -0.39 is 0 Å². The van der Waals surface area contributed by atoms with E-state index in [1.807, 2.05) is 6.92 Å². The fourth-order valence-electron chi connectivity index (χ4n) is 0.585. The molecule has 0 aliphatic carbocycles. The van der Waals surface area contributed by atoms with E-state index in [4.69, 9.17) is 4.76 Å². The molecule has 0 amide bonds. The van der Waals surface area contributed by atoms with Crippen molar-refractivity contribution in [3.8, 4) is 0 Å². The second kappa shape index (κ2) is 5.67. The van der Waals surface area contributed by atoms with Gasteiger partial charge in [0, 0.05) is 6.21 Å². The third-order valence-corrected chi connectivity index (χ3v) is 1.23. The molecule has 52 valence electrons. The largest absolute Gasteiger partial charge is 0.470 e. The minimum Gasteiger partial charge on any atom is -0.470 e. The quantitative estimate of drug-likeness (QED) is 0.321. The summed E-state index contributed by atoms with van der Waals surface area (Å²) in [4.78, 5) is 0. The summed E-state index contributed by atoms with van der Waals surface area (Å²) >= 11 is 0. The maximum atomic E-state index is 5.06. The Morgan fingerprint density at radius 3 is 2.33 bits per heavy atom. The van der Waals surface area contributed by atoms with Crippen LogP contribution < -0.4 is 0 Å². The third-order valence-electron chi connectivity index (χ3n) is 1.23. The fraction of sp³-hybridized carbons (Fsp3) is 0.833. The van der Waals surface area contributed by atoms with Crippen molar-refractivity contribution in [2.24, 2.45) is 5.16 Å². The Labute approximate surface area is 57.4 Å². The van der Waals surface area contributed by atoms with Crippen LogP contribution in [0.1, 0.15) is 20.8 Å². The third kappa shape index (κ3) is 4.07. The van der Waals surface area contributed by atoms with Gasteiger partial charge < -0.3 is 4.76 Å². The second-order valence-electron chi connectivity index (χ2n) is 1.91. The molecule has 0 fully saturated rings. The Balaban J connectivity index is 3.31. The normalized spacial score (nSPS) is 10.1. The van der Waals surface area contributed by atoms with E-state index >= 15 is 0 Å². The van der Waals surface area contributed by atoms with E-state index in [9.17, 15) is 0 Å². The zero-order valence-electron chi connectivity index (χ0n) is 6.42. The summed E-state index contributed by atoms with van der Waals surface area (Å²) < 4.78 is 5.06. The average molecular weight is 127 g/mol. The van der Waals surface area contributed by atoms with E-state index in [-0.39, 0.29) is 0 Å². The number of oxime groups is 1. The summed E-state index contributed by atoms with van der Waals surface area (Å²) in [6.45, 7) is 6.35. The lowest BCUT2D eigenvalue weighted by Crippen LogP contribution is -2.10. The van der Waals surface area contributed by atoms with Gasteiger partial charge in [-0.05, 0) is 19.6 Å². The van der Waals surface area contributed by atoms with Crippen molar-refractivity contribution in [1.29, 1.82) is 0 Å². The van der Waals surface area contributed by atoms with E-state index in [1.54, 1.807) is 6.21 Å². The predicted molar refractivity (Wildman–Crippen MR) is 42.0 cm³/mol. The van der Waals surface area contributed by atoms with Crippen LogP contribution in [-0.2, 0) is 4.76 Å². The highest BCUT2D eigenvalue weighted by molar-refractivity contribution is 6.51. The standard InChI is InChI=1S/C6H14BNO/c1-4-7(5-2)9-8-6-3/h6H,4-5H2,1-3H3/b8-6+. The van der Waals surface area contributed by atoms with Crippen molar-refractivity contribution < 1.29 is 4.76 Å². The van der Waals surface area contributed by atoms with Crippen molar-refractivity contribution in [3.05, 3.63) is 0 Å². The van der Waals surface area contributed by atoms with Gasteiger partial charge in [0.1, 0.15) is 0 Å². The maximum absolute atomic E-state index is 5.06. The molecule has 0 aliphatic rings. The van der Waals surface area contributed by atoms with Crippen LogP contribution in [-0.4, -0.2) is 13.1 Å². The molecule has 0 atom stereocenters. The van der Waals surface area contributed by atoms with Crippen LogP contribution in [0.25, 0.3) is 0 Å². The molecular formula is C6H14BNO. The molecule has 0 unspecified atom stereocenters. The molecule has 0 rings (SSSR count). The van der Waals surface area contributed by atoms with Gasteiger partial charge in [-0.2, -0.15) is 0 Å². The molecule has 0 spiro atoms. The van der Waals surface area contributed by atoms with Gasteiger partial charge in [-0.15, -0.1) is 5.16 Å². The van der Waals surface area contributed by atoms with Gasteiger partial charge in [0.25, 0.3) is 0 Å². The molecule has 0 aliphatic heterocycles. The number of hydrogen-bond acceptors (Lipinski definition) is 2. The van der Waals surface area contributed by atoms with Gasteiger partial charge in [-0.1, -0.05) is 13.8 Å². The number of nitrogens with zero attached hydrogens (tertiary/aromatic N) is 1. The first-order valence-corrected chi connectivity index (χ1v) is 3.48. The number of hydrogen-bond donors (Lipinski definition) is 0. The molecule has 0 bridgehead atoms. The van der Waals surface area contributed by atoms with Crippen molar-refractivity contribution in [3.63, 3.8) is 0 Å². The van der Waals surface area contributed by atoms with E-state index in [1.165, 1.54) is 0 Å². The van der Waals surface area contributed by atoms with Crippen molar-refractivity contribution in [2.75, 3.05) is 0 Å². The molecule has 2 nitrogen and oxygen atoms in total. The molecule has 3 heteroatoms. The van der Waals surface area contributed by atoms with Crippen LogP contribution >= 0.6 is 0 Å². The Morgan fingerprint density at radius 2 is 2.00 bits per heavy atom. The van der Waals surface area contributed by atoms with E-state index in [0.29, 0.717) is 6.92 Å². The molecule has 0 aromatic heterocycles. The van der Waals surface area contributed by atoms with Crippen molar-refractivity contribution >= 4 is 13.1 Å². The highest BCUT2D eigenvalue weighted by Gasteiger charge is 2.09. The maximum Gasteiger partial charge on any atom is 0.393 e. The minimum absolute atomic E-state index is 0.307. The molecule has 0 aromatic rings. The predicted octanol–water partition coefficient (Wildman–Crippen LogP) is 2.04. The van der Waals surface area contributed by atoms with Gasteiger partial charge in [0.15, 0.2) is 0 Å². The Morgan fingerprint density at radius 1 is 1.44 bits per heavy atom. The lowest BCUT2D eigenvalue weighted by molar-refractivity contribution is 0.346. The second-order valence-corrected chi connectivity index (χ2v) is 1.91. The molecule has 0 aromatic carbocycles. The summed E-state index contributed by atoms with van der Waals surface area (Å²) in [6, 6.07) is 0. The lowest BCUT2D eigenvalue weighted by Gasteiger charge is -2.03. The SMILES string of the molecule is C/C=N/OB(CC)CC. The van der Waals surface area contributed by atoms with Gasteiger partial charge in [-0.25, -0.2) is 0 Å². The fourth-order valence-corrected chi connectivity index (χ4v) is 0.585. The van der Waals surface area contributed by atoms with Gasteiger partial charge in [-0.3, -0.25) is 0 Å². The van der Waals surface area contributed by atoms with Crippen LogP contribution in [0.2, 0.25) is 12.6 Å². The van der Waals surface area contributed by atoms with Gasteiger partial charge >= 0.3 is 6.92 Å². The first-order chi connectivity index (χ1) is 4.35.